The van der Waals surface area contributed by atoms with Crippen LogP contribution in [0.2, 0.25) is 5.02 Å². The minimum absolute atomic E-state index is 0.130. The van der Waals surface area contributed by atoms with Crippen LogP contribution in [0.4, 0.5) is 5.69 Å². The van der Waals surface area contributed by atoms with Gasteiger partial charge in [-0.3, -0.25) is 9.78 Å². The lowest BCUT2D eigenvalue weighted by atomic mass is 10.1. The van der Waals surface area contributed by atoms with Gasteiger partial charge in [-0.1, -0.05) is 41.9 Å². The summed E-state index contributed by atoms with van der Waals surface area (Å²) in [5, 5.41) is 11.3. The maximum absolute atomic E-state index is 12.6. The first kappa shape index (κ1) is 19.6. The Labute approximate surface area is 178 Å². The molecular weight excluding hydrogens is 402 g/mol. The Morgan fingerprint density at radius 2 is 1.93 bits per heavy atom. The quantitative estimate of drug-likeness (QED) is 0.484. The number of aromatic nitrogens is 4. The van der Waals surface area contributed by atoms with Crippen LogP contribution in [0.3, 0.4) is 0 Å². The van der Waals surface area contributed by atoms with Gasteiger partial charge >= 0.3 is 0 Å². The Morgan fingerprint density at radius 1 is 1.10 bits per heavy atom. The van der Waals surface area contributed by atoms with Gasteiger partial charge in [-0.25, -0.2) is 0 Å². The summed E-state index contributed by atoms with van der Waals surface area (Å²) >= 11 is 6.32. The highest BCUT2D eigenvalue weighted by atomic mass is 35.5. The molecule has 30 heavy (non-hydrogen) atoms. The molecule has 0 aliphatic carbocycles. The van der Waals surface area contributed by atoms with Crippen molar-refractivity contribution in [3.8, 4) is 16.9 Å². The van der Waals surface area contributed by atoms with E-state index in [2.05, 4.69) is 25.5 Å². The number of hydrogen-bond acceptors (Lipinski definition) is 5. The number of carbonyl (C=O) groups is 1. The van der Waals surface area contributed by atoms with Crippen LogP contribution in [-0.2, 0) is 6.42 Å². The molecule has 0 unspecified atom stereocenters. The van der Waals surface area contributed by atoms with Crippen molar-refractivity contribution in [1.29, 1.82) is 0 Å². The molecular formula is C22H18ClN5O2. The first-order valence-corrected chi connectivity index (χ1v) is 9.56. The molecule has 0 saturated heterocycles. The molecule has 2 N–H and O–H groups in total. The van der Waals surface area contributed by atoms with Crippen LogP contribution in [0, 0.1) is 0 Å². The zero-order valence-corrected chi connectivity index (χ0v) is 16.8. The van der Waals surface area contributed by atoms with Gasteiger partial charge in [0.25, 0.3) is 5.91 Å². The summed E-state index contributed by atoms with van der Waals surface area (Å²) in [4.78, 5) is 19.7. The number of ether oxygens (including phenoxy) is 1. The minimum Gasteiger partial charge on any atom is -0.497 e. The first-order chi connectivity index (χ1) is 14.6. The summed E-state index contributed by atoms with van der Waals surface area (Å²) < 4.78 is 5.26. The molecule has 7 nitrogen and oxygen atoms in total. The zero-order valence-electron chi connectivity index (χ0n) is 16.1. The van der Waals surface area contributed by atoms with Crippen molar-refractivity contribution >= 4 is 23.2 Å². The highest BCUT2D eigenvalue weighted by molar-refractivity contribution is 6.33. The second-order valence-electron chi connectivity index (χ2n) is 6.54. The molecule has 0 aliphatic rings. The fraction of sp³-hybridized carbons (Fsp3) is 0.0909. The summed E-state index contributed by atoms with van der Waals surface area (Å²) in [5.74, 6) is 1.01. The summed E-state index contributed by atoms with van der Waals surface area (Å²) in [7, 11) is 1.59. The van der Waals surface area contributed by atoms with Gasteiger partial charge in [0.15, 0.2) is 0 Å². The molecule has 0 saturated carbocycles. The summed E-state index contributed by atoms with van der Waals surface area (Å²) in [5.41, 5.74) is 3.09. The Balaban J connectivity index is 1.50. The standard InChI is InChI=1S/C22H18ClN5O2/c1-30-17-7-8-19(23)18(11-17)15-10-16(13-24-12-15)25-22(29)21-26-20(27-28-21)9-14-5-3-2-4-6-14/h2-8,10-13H,9H2,1H3,(H,25,29)(H,26,27,28). The van der Waals surface area contributed by atoms with Crippen LogP contribution in [0.5, 0.6) is 5.75 Å². The van der Waals surface area contributed by atoms with Crippen LogP contribution >= 0.6 is 11.6 Å². The van der Waals surface area contributed by atoms with Gasteiger partial charge in [0, 0.05) is 28.8 Å². The molecule has 1 amide bonds. The molecule has 2 heterocycles. The number of carbonyl (C=O) groups excluding carboxylic acids is 1. The maximum atomic E-state index is 12.6. The SMILES string of the molecule is COc1ccc(Cl)c(-c2cncc(NC(=O)c3nnc(Cc4ccccc4)[nH]3)c2)c1. The maximum Gasteiger partial charge on any atom is 0.293 e. The Hall–Kier alpha value is -3.71. The Morgan fingerprint density at radius 3 is 2.73 bits per heavy atom. The number of rotatable bonds is 6. The zero-order chi connectivity index (χ0) is 20.9. The lowest BCUT2D eigenvalue weighted by Gasteiger charge is -2.09. The van der Waals surface area contributed by atoms with Gasteiger partial charge in [0.05, 0.1) is 19.0 Å². The van der Waals surface area contributed by atoms with Gasteiger partial charge in [-0.2, -0.15) is 0 Å². The highest BCUT2D eigenvalue weighted by Crippen LogP contribution is 2.32. The fourth-order valence-electron chi connectivity index (χ4n) is 2.97. The van der Waals surface area contributed by atoms with E-state index in [1.807, 2.05) is 36.4 Å². The number of benzene rings is 2. The smallest absolute Gasteiger partial charge is 0.293 e. The predicted octanol–water partition coefficient (Wildman–Crippen LogP) is 4.37. The molecule has 8 heteroatoms. The van der Waals surface area contributed by atoms with E-state index < -0.39 is 5.91 Å². The third-order valence-corrected chi connectivity index (χ3v) is 4.77. The molecule has 0 atom stereocenters. The third-order valence-electron chi connectivity index (χ3n) is 4.44. The van der Waals surface area contributed by atoms with Crippen molar-refractivity contribution in [3.05, 3.63) is 89.2 Å². The number of anilines is 1. The van der Waals surface area contributed by atoms with E-state index in [-0.39, 0.29) is 5.82 Å². The molecule has 2 aromatic heterocycles. The molecule has 0 radical (unpaired) electrons. The predicted molar refractivity (Wildman–Crippen MR) is 115 cm³/mol. The molecule has 0 bridgehead atoms. The van der Waals surface area contributed by atoms with Gasteiger partial charge in [-0.15, -0.1) is 10.2 Å². The van der Waals surface area contributed by atoms with Crippen LogP contribution in [0.1, 0.15) is 22.0 Å². The monoisotopic (exact) mass is 419 g/mol. The van der Waals surface area contributed by atoms with Crippen molar-refractivity contribution in [3.63, 3.8) is 0 Å². The van der Waals surface area contributed by atoms with Crippen molar-refractivity contribution in [1.82, 2.24) is 20.2 Å². The normalized spacial score (nSPS) is 10.6. The van der Waals surface area contributed by atoms with E-state index >= 15 is 0 Å². The van der Waals surface area contributed by atoms with E-state index in [0.29, 0.717) is 28.7 Å². The topological polar surface area (TPSA) is 92.8 Å². The second-order valence-corrected chi connectivity index (χ2v) is 6.95. The van der Waals surface area contributed by atoms with Crippen LogP contribution < -0.4 is 10.1 Å². The number of methoxy groups -OCH3 is 1. The number of amides is 1. The molecule has 0 aliphatic heterocycles. The molecule has 0 fully saturated rings. The average molecular weight is 420 g/mol. The molecule has 4 rings (SSSR count). The minimum atomic E-state index is -0.405. The molecule has 150 valence electrons. The number of nitrogens with one attached hydrogen (secondary N) is 2. The number of halogens is 1. The second kappa shape index (κ2) is 8.75. The highest BCUT2D eigenvalue weighted by Gasteiger charge is 2.14. The van der Waals surface area contributed by atoms with Crippen molar-refractivity contribution in [2.45, 2.75) is 6.42 Å². The number of nitrogens with zero attached hydrogens (tertiary/aromatic N) is 3. The lowest BCUT2D eigenvalue weighted by molar-refractivity contribution is 0.101. The van der Waals surface area contributed by atoms with Gasteiger partial charge in [0.2, 0.25) is 5.82 Å². The summed E-state index contributed by atoms with van der Waals surface area (Å²) in [6.45, 7) is 0. The number of aromatic amines is 1. The Bertz CT molecular complexity index is 1180. The lowest BCUT2D eigenvalue weighted by Crippen LogP contribution is -2.14. The number of hydrogen-bond donors (Lipinski definition) is 2. The molecule has 4 aromatic rings. The third kappa shape index (κ3) is 4.47. The van der Waals surface area contributed by atoms with Crippen molar-refractivity contribution in [2.24, 2.45) is 0 Å². The largest absolute Gasteiger partial charge is 0.497 e. The van der Waals surface area contributed by atoms with Crippen LogP contribution in [-0.4, -0.2) is 33.2 Å². The summed E-state index contributed by atoms with van der Waals surface area (Å²) in [6, 6.07) is 17.0. The van der Waals surface area contributed by atoms with E-state index in [1.165, 1.54) is 0 Å². The van der Waals surface area contributed by atoms with E-state index in [0.717, 1.165) is 16.7 Å². The average Bonchev–Trinajstić information content (AvgIpc) is 3.24. The van der Waals surface area contributed by atoms with E-state index in [1.54, 1.807) is 37.7 Å². The van der Waals surface area contributed by atoms with Crippen molar-refractivity contribution in [2.75, 3.05) is 12.4 Å². The van der Waals surface area contributed by atoms with Gasteiger partial charge < -0.3 is 15.0 Å². The first-order valence-electron chi connectivity index (χ1n) is 9.18. The van der Waals surface area contributed by atoms with Crippen LogP contribution in [0.25, 0.3) is 11.1 Å². The van der Waals surface area contributed by atoms with Gasteiger partial charge in [-0.05, 0) is 29.8 Å². The number of H-pyrrole nitrogens is 1. The van der Waals surface area contributed by atoms with Gasteiger partial charge in [0.1, 0.15) is 11.6 Å². The fourth-order valence-corrected chi connectivity index (χ4v) is 3.19. The van der Waals surface area contributed by atoms with Crippen molar-refractivity contribution < 1.29 is 9.53 Å². The van der Waals surface area contributed by atoms with Crippen LogP contribution in [0.15, 0.2) is 67.0 Å². The van der Waals surface area contributed by atoms with E-state index in [4.69, 9.17) is 16.3 Å². The molecule has 2 aromatic carbocycles. The molecule has 0 spiro atoms. The van der Waals surface area contributed by atoms with E-state index in [9.17, 15) is 4.79 Å². The Kier molecular flexibility index (Phi) is 5.72. The number of pyridine rings is 1. The summed E-state index contributed by atoms with van der Waals surface area (Å²) in [6.07, 6.45) is 3.78.